The molecule has 14 heavy (non-hydrogen) atoms. The summed E-state index contributed by atoms with van der Waals surface area (Å²) >= 11 is 1.45. The number of hydrogen-bond acceptors (Lipinski definition) is 6. The largest absolute Gasteiger partial charge is 0.480 e. The summed E-state index contributed by atoms with van der Waals surface area (Å²) in [5.41, 5.74) is 5.76. The molecule has 0 aliphatic heterocycles. The Bertz CT molecular complexity index is 374. The Kier molecular flexibility index (Phi) is 3.54. The Labute approximate surface area is 86.3 Å². The lowest BCUT2D eigenvalue weighted by Gasteiger charge is -2.05. The van der Waals surface area contributed by atoms with Crippen molar-refractivity contribution in [2.45, 2.75) is 12.1 Å². The maximum absolute atomic E-state index is 8.75. The first-order chi connectivity index (χ1) is 6.72. The molecule has 1 heterocycles. The summed E-state index contributed by atoms with van der Waals surface area (Å²) in [5, 5.41) is 9.28. The van der Waals surface area contributed by atoms with E-state index in [4.69, 9.17) is 15.7 Å². The lowest BCUT2D eigenvalue weighted by molar-refractivity contribution is 0.391. The van der Waals surface area contributed by atoms with Gasteiger partial charge in [0, 0.05) is 0 Å². The molecule has 0 aromatic carbocycles. The molecule has 0 fully saturated rings. The number of thioether (sulfide) groups is 1. The second-order valence-corrected chi connectivity index (χ2v) is 3.55. The van der Waals surface area contributed by atoms with Gasteiger partial charge in [-0.25, -0.2) is 4.98 Å². The van der Waals surface area contributed by atoms with Gasteiger partial charge in [0.05, 0.1) is 7.11 Å². The monoisotopic (exact) mass is 210 g/mol. The van der Waals surface area contributed by atoms with E-state index in [2.05, 4.69) is 9.97 Å². The second-order valence-electron chi connectivity index (χ2n) is 2.32. The van der Waals surface area contributed by atoms with Gasteiger partial charge in [-0.1, -0.05) is 18.7 Å². The molecule has 0 unspecified atom stereocenters. The summed E-state index contributed by atoms with van der Waals surface area (Å²) in [5.74, 6) is 1.24. The van der Waals surface area contributed by atoms with Crippen molar-refractivity contribution < 1.29 is 4.74 Å². The van der Waals surface area contributed by atoms with Crippen molar-refractivity contribution in [1.82, 2.24) is 9.97 Å². The van der Waals surface area contributed by atoms with Crippen molar-refractivity contribution in [3.8, 4) is 11.9 Å². The molecular formula is C8H10N4OS. The fourth-order valence-corrected chi connectivity index (χ4v) is 1.45. The van der Waals surface area contributed by atoms with Crippen LogP contribution in [0.3, 0.4) is 0 Å². The molecule has 0 bridgehead atoms. The molecule has 0 aliphatic carbocycles. The number of nitrogens with zero attached hydrogens (tertiary/aromatic N) is 3. The van der Waals surface area contributed by atoms with Crippen LogP contribution in [0, 0.1) is 11.3 Å². The lowest BCUT2D eigenvalue weighted by atomic mass is 10.3. The second kappa shape index (κ2) is 4.67. The van der Waals surface area contributed by atoms with Crippen molar-refractivity contribution in [3.63, 3.8) is 0 Å². The van der Waals surface area contributed by atoms with E-state index in [0.29, 0.717) is 5.16 Å². The number of rotatable bonds is 3. The maximum atomic E-state index is 8.75. The third-order valence-corrected chi connectivity index (χ3v) is 2.19. The van der Waals surface area contributed by atoms with Crippen molar-refractivity contribution >= 4 is 17.6 Å². The summed E-state index contributed by atoms with van der Waals surface area (Å²) in [4.78, 5) is 8.01. The quantitative estimate of drug-likeness (QED) is 0.593. The van der Waals surface area contributed by atoms with Gasteiger partial charge in [-0.15, -0.1) is 0 Å². The molecule has 5 nitrogen and oxygen atoms in total. The number of nitrogen functional groups attached to an aromatic ring is 1. The average molecular weight is 210 g/mol. The molecule has 1 aromatic rings. The molecule has 0 radical (unpaired) electrons. The van der Waals surface area contributed by atoms with Gasteiger partial charge in [0.2, 0.25) is 5.88 Å². The molecule has 2 N–H and O–H groups in total. The first-order valence-corrected chi connectivity index (χ1v) is 4.95. The van der Waals surface area contributed by atoms with Gasteiger partial charge in [0.15, 0.2) is 10.7 Å². The molecule has 0 saturated heterocycles. The fraction of sp³-hybridized carbons (Fsp3) is 0.375. The van der Waals surface area contributed by atoms with E-state index in [1.165, 1.54) is 18.9 Å². The van der Waals surface area contributed by atoms with Gasteiger partial charge in [-0.3, -0.25) is 0 Å². The maximum Gasteiger partial charge on any atom is 0.237 e. The summed E-state index contributed by atoms with van der Waals surface area (Å²) in [6.07, 6.45) is 0. The van der Waals surface area contributed by atoms with E-state index in [9.17, 15) is 0 Å². The average Bonchev–Trinajstić information content (AvgIpc) is 2.17. The molecular weight excluding hydrogens is 200 g/mol. The van der Waals surface area contributed by atoms with Crippen LogP contribution in [0.5, 0.6) is 5.88 Å². The van der Waals surface area contributed by atoms with E-state index in [1.807, 2.05) is 13.0 Å². The Morgan fingerprint density at radius 2 is 2.29 bits per heavy atom. The molecule has 1 rings (SSSR count). The van der Waals surface area contributed by atoms with Crippen LogP contribution in [0.2, 0.25) is 0 Å². The molecule has 0 aliphatic rings. The highest BCUT2D eigenvalue weighted by Gasteiger charge is 2.12. The summed E-state index contributed by atoms with van der Waals surface area (Å²) in [7, 11) is 1.45. The SMILES string of the molecule is CCSc1nc(N)c(C#N)c(OC)n1. The van der Waals surface area contributed by atoms with Crippen LogP contribution in [-0.2, 0) is 0 Å². The minimum absolute atomic E-state index is 0.162. The third kappa shape index (κ3) is 2.06. The predicted molar refractivity (Wildman–Crippen MR) is 54.1 cm³/mol. The van der Waals surface area contributed by atoms with Gasteiger partial charge < -0.3 is 10.5 Å². The highest BCUT2D eigenvalue weighted by atomic mass is 32.2. The van der Waals surface area contributed by atoms with Crippen molar-refractivity contribution in [3.05, 3.63) is 5.56 Å². The molecule has 1 aromatic heterocycles. The Hall–Kier alpha value is -1.48. The van der Waals surface area contributed by atoms with Crippen LogP contribution in [0.1, 0.15) is 12.5 Å². The van der Waals surface area contributed by atoms with Gasteiger partial charge in [0.1, 0.15) is 11.9 Å². The van der Waals surface area contributed by atoms with Gasteiger partial charge in [0.25, 0.3) is 0 Å². The van der Waals surface area contributed by atoms with Gasteiger partial charge in [-0.2, -0.15) is 10.2 Å². The van der Waals surface area contributed by atoms with Crippen molar-refractivity contribution in [2.24, 2.45) is 0 Å². The Morgan fingerprint density at radius 3 is 2.79 bits per heavy atom. The van der Waals surface area contributed by atoms with Crippen LogP contribution in [0.4, 0.5) is 5.82 Å². The smallest absolute Gasteiger partial charge is 0.237 e. The van der Waals surface area contributed by atoms with Crippen LogP contribution < -0.4 is 10.5 Å². The normalized spacial score (nSPS) is 9.50. The van der Waals surface area contributed by atoms with Crippen molar-refractivity contribution in [1.29, 1.82) is 5.26 Å². The number of aromatic nitrogens is 2. The van der Waals surface area contributed by atoms with E-state index in [-0.39, 0.29) is 17.3 Å². The van der Waals surface area contributed by atoms with Crippen molar-refractivity contribution in [2.75, 3.05) is 18.6 Å². The van der Waals surface area contributed by atoms with Gasteiger partial charge in [-0.05, 0) is 5.75 Å². The van der Waals surface area contributed by atoms with Gasteiger partial charge >= 0.3 is 0 Å². The predicted octanol–water partition coefficient (Wildman–Crippen LogP) is 1.05. The third-order valence-electron chi connectivity index (χ3n) is 1.46. The van der Waals surface area contributed by atoms with Crippen LogP contribution in [0.25, 0.3) is 0 Å². The van der Waals surface area contributed by atoms with Crippen LogP contribution in [0.15, 0.2) is 5.16 Å². The van der Waals surface area contributed by atoms with Crippen LogP contribution in [-0.4, -0.2) is 22.8 Å². The fourth-order valence-electron chi connectivity index (χ4n) is 0.883. The minimum Gasteiger partial charge on any atom is -0.480 e. The Balaban J connectivity index is 3.19. The molecule has 74 valence electrons. The highest BCUT2D eigenvalue weighted by Crippen LogP contribution is 2.23. The lowest BCUT2D eigenvalue weighted by Crippen LogP contribution is -2.02. The number of methoxy groups -OCH3 is 1. The number of anilines is 1. The first kappa shape index (κ1) is 10.6. The highest BCUT2D eigenvalue weighted by molar-refractivity contribution is 7.99. The zero-order chi connectivity index (χ0) is 10.6. The Morgan fingerprint density at radius 1 is 1.57 bits per heavy atom. The number of ether oxygens (including phenoxy) is 1. The van der Waals surface area contributed by atoms with E-state index in [1.54, 1.807) is 0 Å². The summed E-state index contributed by atoms with van der Waals surface area (Å²) < 4.78 is 4.94. The van der Waals surface area contributed by atoms with E-state index >= 15 is 0 Å². The summed E-state index contributed by atoms with van der Waals surface area (Å²) in [6, 6.07) is 1.90. The topological polar surface area (TPSA) is 84.8 Å². The minimum atomic E-state index is 0.162. The standard InChI is InChI=1S/C8H10N4OS/c1-3-14-8-11-6(10)5(4-9)7(12-8)13-2/h3H2,1-2H3,(H2,10,11,12). The van der Waals surface area contributed by atoms with E-state index in [0.717, 1.165) is 5.75 Å². The molecule has 0 spiro atoms. The zero-order valence-corrected chi connectivity index (χ0v) is 8.76. The molecule has 0 amide bonds. The zero-order valence-electron chi connectivity index (χ0n) is 7.94. The molecule has 6 heteroatoms. The number of nitriles is 1. The van der Waals surface area contributed by atoms with Crippen LogP contribution >= 0.6 is 11.8 Å². The van der Waals surface area contributed by atoms with E-state index < -0.39 is 0 Å². The summed E-state index contributed by atoms with van der Waals surface area (Å²) in [6.45, 7) is 1.98. The number of nitrogens with two attached hydrogens (primary N) is 1. The number of hydrogen-bond donors (Lipinski definition) is 1. The molecule has 0 saturated carbocycles. The first-order valence-electron chi connectivity index (χ1n) is 3.97. The molecule has 0 atom stereocenters.